The molecule has 2 unspecified atom stereocenters. The second-order valence-electron chi connectivity index (χ2n) is 6.95. The first-order chi connectivity index (χ1) is 11.0. The highest BCUT2D eigenvalue weighted by Crippen LogP contribution is 2.24. The molecule has 0 aliphatic carbocycles. The van der Waals surface area contributed by atoms with Crippen LogP contribution in [0.25, 0.3) is 0 Å². The maximum Gasteiger partial charge on any atom is 0.311 e. The van der Waals surface area contributed by atoms with Crippen molar-refractivity contribution in [1.82, 2.24) is 0 Å². The SMILES string of the molecule is COC(=O)C(C)(C)CC[S+]([O-])CC[S+]([O-])CCC(C)(C)C(=O)OC. The number of esters is 2. The second-order valence-corrected chi connectivity index (χ2v) is 10.3. The van der Waals surface area contributed by atoms with E-state index in [1.165, 1.54) is 14.2 Å². The molecular formula is C16H30O6S2. The van der Waals surface area contributed by atoms with Gasteiger partial charge in [0, 0.05) is 12.8 Å². The second kappa shape index (κ2) is 10.5. The summed E-state index contributed by atoms with van der Waals surface area (Å²) < 4.78 is 33.4. The Labute approximate surface area is 151 Å². The first kappa shape index (κ1) is 23.6. The zero-order valence-corrected chi connectivity index (χ0v) is 17.1. The van der Waals surface area contributed by atoms with Gasteiger partial charge in [-0.2, -0.15) is 0 Å². The molecule has 24 heavy (non-hydrogen) atoms. The number of carbonyl (C=O) groups is 2. The van der Waals surface area contributed by atoms with Crippen LogP contribution in [-0.4, -0.2) is 58.3 Å². The number of ether oxygens (including phenoxy) is 2. The Kier molecular flexibility index (Phi) is 10.3. The van der Waals surface area contributed by atoms with Gasteiger partial charge < -0.3 is 18.6 Å². The first-order valence-electron chi connectivity index (χ1n) is 7.83. The molecule has 0 rings (SSSR count). The monoisotopic (exact) mass is 382 g/mol. The lowest BCUT2D eigenvalue weighted by Crippen LogP contribution is -2.31. The van der Waals surface area contributed by atoms with Crippen molar-refractivity contribution in [2.45, 2.75) is 40.5 Å². The predicted molar refractivity (Wildman–Crippen MR) is 96.6 cm³/mol. The fourth-order valence-corrected chi connectivity index (χ4v) is 5.26. The van der Waals surface area contributed by atoms with Gasteiger partial charge in [0.15, 0.2) is 0 Å². The van der Waals surface area contributed by atoms with Crippen LogP contribution in [-0.2, 0) is 41.4 Å². The summed E-state index contributed by atoms with van der Waals surface area (Å²) in [4.78, 5) is 23.1. The van der Waals surface area contributed by atoms with Crippen LogP contribution in [0.5, 0.6) is 0 Å². The Morgan fingerprint density at radius 3 is 1.29 bits per heavy atom. The average molecular weight is 383 g/mol. The van der Waals surface area contributed by atoms with E-state index in [0.29, 0.717) is 35.9 Å². The van der Waals surface area contributed by atoms with Crippen LogP contribution in [0.2, 0.25) is 0 Å². The molecule has 0 spiro atoms. The molecule has 8 heteroatoms. The molecule has 0 aromatic heterocycles. The third-order valence-electron chi connectivity index (χ3n) is 3.92. The molecule has 0 saturated heterocycles. The molecule has 2 atom stereocenters. The summed E-state index contributed by atoms with van der Waals surface area (Å²) in [5.41, 5.74) is -1.35. The van der Waals surface area contributed by atoms with Gasteiger partial charge in [-0.15, -0.1) is 0 Å². The largest absolute Gasteiger partial charge is 0.616 e. The average Bonchev–Trinajstić information content (AvgIpc) is 2.54. The van der Waals surface area contributed by atoms with E-state index in [0.717, 1.165) is 0 Å². The number of rotatable bonds is 11. The van der Waals surface area contributed by atoms with Crippen molar-refractivity contribution in [1.29, 1.82) is 0 Å². The first-order valence-corrected chi connectivity index (χ1v) is 10.8. The quantitative estimate of drug-likeness (QED) is 0.398. The third-order valence-corrected chi connectivity index (χ3v) is 6.82. The predicted octanol–water partition coefficient (Wildman–Crippen LogP) is 1.66. The molecule has 0 N–H and O–H groups in total. The molecule has 0 aromatic rings. The number of hydrogen-bond donors (Lipinski definition) is 0. The van der Waals surface area contributed by atoms with Gasteiger partial charge >= 0.3 is 11.9 Å². The van der Waals surface area contributed by atoms with E-state index in [4.69, 9.17) is 9.47 Å². The molecule has 0 aliphatic rings. The van der Waals surface area contributed by atoms with Crippen LogP contribution in [0.3, 0.4) is 0 Å². The van der Waals surface area contributed by atoms with Gasteiger partial charge in [-0.3, -0.25) is 9.59 Å². The van der Waals surface area contributed by atoms with Crippen LogP contribution < -0.4 is 0 Å². The molecular weight excluding hydrogens is 352 g/mol. The Morgan fingerprint density at radius 1 is 0.750 bits per heavy atom. The van der Waals surface area contributed by atoms with Crippen LogP contribution >= 0.6 is 0 Å². The summed E-state index contributed by atoms with van der Waals surface area (Å²) in [5.74, 6) is 0.728. The Morgan fingerprint density at radius 2 is 1.04 bits per heavy atom. The van der Waals surface area contributed by atoms with Crippen molar-refractivity contribution < 1.29 is 28.2 Å². The van der Waals surface area contributed by atoms with Crippen molar-refractivity contribution >= 4 is 34.3 Å². The third kappa shape index (κ3) is 8.60. The highest BCUT2D eigenvalue weighted by molar-refractivity contribution is 7.95. The molecule has 0 saturated carbocycles. The minimum absolute atomic E-state index is 0.322. The summed E-state index contributed by atoms with van der Waals surface area (Å²) in [5, 5.41) is 0. The molecule has 142 valence electrons. The summed E-state index contributed by atoms with van der Waals surface area (Å²) in [6.45, 7) is 7.01. The van der Waals surface area contributed by atoms with E-state index in [-0.39, 0.29) is 11.9 Å². The molecule has 0 heterocycles. The van der Waals surface area contributed by atoms with Gasteiger partial charge in [-0.25, -0.2) is 0 Å². The normalized spacial score (nSPS) is 14.8. The van der Waals surface area contributed by atoms with Crippen molar-refractivity contribution in [3.8, 4) is 0 Å². The lowest BCUT2D eigenvalue weighted by molar-refractivity contribution is -0.151. The molecule has 6 nitrogen and oxygen atoms in total. The van der Waals surface area contributed by atoms with Gasteiger partial charge in [0.25, 0.3) is 0 Å². The smallest absolute Gasteiger partial charge is 0.311 e. The molecule has 0 fully saturated rings. The van der Waals surface area contributed by atoms with E-state index < -0.39 is 33.2 Å². The summed E-state index contributed by atoms with van der Waals surface area (Å²) in [7, 11) is 2.67. The number of carbonyl (C=O) groups excluding carboxylic acids is 2. The summed E-state index contributed by atoms with van der Waals surface area (Å²) >= 11 is -2.27. The Balaban J connectivity index is 4.12. The zero-order valence-electron chi connectivity index (χ0n) is 15.5. The van der Waals surface area contributed by atoms with Gasteiger partial charge in [0.2, 0.25) is 0 Å². The number of hydrogen-bond acceptors (Lipinski definition) is 6. The fraction of sp³-hybridized carbons (Fsp3) is 0.875. The number of methoxy groups -OCH3 is 2. The molecule has 0 radical (unpaired) electrons. The van der Waals surface area contributed by atoms with Crippen molar-refractivity contribution in [3.05, 3.63) is 0 Å². The van der Waals surface area contributed by atoms with Crippen molar-refractivity contribution in [2.24, 2.45) is 10.8 Å². The molecule has 0 bridgehead atoms. The summed E-state index contributed by atoms with van der Waals surface area (Å²) in [6.07, 6.45) is 0.905. The van der Waals surface area contributed by atoms with Gasteiger partial charge in [0.1, 0.15) is 23.0 Å². The van der Waals surface area contributed by atoms with Crippen LogP contribution in [0.15, 0.2) is 0 Å². The minimum Gasteiger partial charge on any atom is -0.616 e. The standard InChI is InChI=1S/C16H30O6S2/c1-15(2,13(17)21-5)7-9-23(19)11-12-24(20)10-8-16(3,4)14(18)22-6/h7-12H2,1-6H3. The van der Waals surface area contributed by atoms with E-state index >= 15 is 0 Å². The van der Waals surface area contributed by atoms with Crippen molar-refractivity contribution in [3.63, 3.8) is 0 Å². The topological polar surface area (TPSA) is 98.7 Å². The van der Waals surface area contributed by atoms with Crippen LogP contribution in [0, 0.1) is 10.8 Å². The van der Waals surface area contributed by atoms with Crippen LogP contribution in [0.1, 0.15) is 40.5 Å². The van der Waals surface area contributed by atoms with Gasteiger partial charge in [-0.05, 0) is 50.0 Å². The van der Waals surface area contributed by atoms with Crippen LogP contribution in [0.4, 0.5) is 0 Å². The maximum absolute atomic E-state index is 12.0. The van der Waals surface area contributed by atoms with E-state index in [1.54, 1.807) is 27.7 Å². The van der Waals surface area contributed by atoms with E-state index in [2.05, 4.69) is 0 Å². The molecule has 0 aromatic carbocycles. The van der Waals surface area contributed by atoms with E-state index in [1.807, 2.05) is 0 Å². The van der Waals surface area contributed by atoms with Gasteiger partial charge in [-0.1, -0.05) is 0 Å². The Hall–Kier alpha value is -0.440. The van der Waals surface area contributed by atoms with Crippen molar-refractivity contribution in [2.75, 3.05) is 37.2 Å². The van der Waals surface area contributed by atoms with Gasteiger partial charge in [0.05, 0.1) is 25.0 Å². The molecule has 0 aliphatic heterocycles. The highest BCUT2D eigenvalue weighted by Gasteiger charge is 2.32. The molecule has 0 amide bonds. The minimum atomic E-state index is -1.13. The highest BCUT2D eigenvalue weighted by atomic mass is 32.2. The Bertz CT molecular complexity index is 373. The maximum atomic E-state index is 12.0. The summed E-state index contributed by atoms with van der Waals surface area (Å²) in [6, 6.07) is 0. The lowest BCUT2D eigenvalue weighted by atomic mass is 9.90. The van der Waals surface area contributed by atoms with E-state index in [9.17, 15) is 18.7 Å². The zero-order chi connectivity index (χ0) is 19.0. The lowest BCUT2D eigenvalue weighted by Gasteiger charge is -2.23. The fourth-order valence-electron chi connectivity index (χ4n) is 1.88.